The van der Waals surface area contributed by atoms with Gasteiger partial charge in [-0.15, -0.1) is 0 Å². The van der Waals surface area contributed by atoms with Crippen LogP contribution in [0.4, 0.5) is 0 Å². The fourth-order valence-electron chi connectivity index (χ4n) is 0.796. The summed E-state index contributed by atoms with van der Waals surface area (Å²) in [7, 11) is 0. The lowest BCUT2D eigenvalue weighted by atomic mass is 10.2. The van der Waals surface area contributed by atoms with E-state index in [0.29, 0.717) is 12.8 Å². The van der Waals surface area contributed by atoms with E-state index in [2.05, 4.69) is 14.5 Å². The second-order valence-electron chi connectivity index (χ2n) is 2.99. The Balaban J connectivity index is 3.24. The maximum atomic E-state index is 10.9. The summed E-state index contributed by atoms with van der Waals surface area (Å²) < 4.78 is 4.37. The molecule has 8 heteroatoms. The molecule has 0 aliphatic heterocycles. The zero-order valence-corrected chi connectivity index (χ0v) is 9.09. The van der Waals surface area contributed by atoms with Gasteiger partial charge in [-0.1, -0.05) is 0 Å². The van der Waals surface area contributed by atoms with Gasteiger partial charge in [0.2, 0.25) is 0 Å². The largest absolute Gasteiger partial charge is 0.479 e. The first-order valence-electron chi connectivity index (χ1n) is 4.86. The summed E-state index contributed by atoms with van der Waals surface area (Å²) in [6.45, 7) is -1.03. The van der Waals surface area contributed by atoms with E-state index in [1.165, 1.54) is 0 Å². The molecule has 0 aromatic rings. The van der Waals surface area contributed by atoms with Crippen LogP contribution in [0.25, 0.3) is 0 Å². The van der Waals surface area contributed by atoms with Gasteiger partial charge >= 0.3 is 17.9 Å². The Morgan fingerprint density at radius 3 is 2.12 bits per heavy atom. The van der Waals surface area contributed by atoms with Crippen LogP contribution in [0.1, 0.15) is 19.3 Å². The number of aliphatic carboxylic acids is 2. The topological polar surface area (TPSA) is 119 Å². The zero-order valence-electron chi connectivity index (χ0n) is 9.09. The monoisotopic (exact) mass is 250 g/mol. The molecule has 0 saturated carbocycles. The van der Waals surface area contributed by atoms with Crippen molar-refractivity contribution in [3.05, 3.63) is 0 Å². The van der Waals surface area contributed by atoms with E-state index < -0.39 is 31.1 Å². The molecule has 2 N–H and O–H groups in total. The van der Waals surface area contributed by atoms with Gasteiger partial charge in [-0.3, -0.25) is 4.79 Å². The number of carboxylic acids is 2. The molecule has 17 heavy (non-hydrogen) atoms. The van der Waals surface area contributed by atoms with Crippen LogP contribution < -0.4 is 0 Å². The molecule has 0 aromatic heterocycles. The number of esters is 1. The number of ether oxygens (including phenoxy) is 1. The molecule has 0 aliphatic carbocycles. The highest BCUT2D eigenvalue weighted by atomic mass is 17.2. The molecule has 0 rings (SSSR count). The van der Waals surface area contributed by atoms with Gasteiger partial charge < -0.3 is 14.9 Å². The maximum Gasteiger partial charge on any atom is 0.341 e. The van der Waals surface area contributed by atoms with E-state index in [0.717, 1.165) is 0 Å². The van der Waals surface area contributed by atoms with Gasteiger partial charge in [0.05, 0.1) is 6.61 Å². The van der Waals surface area contributed by atoms with E-state index in [1.54, 1.807) is 0 Å². The highest BCUT2D eigenvalue weighted by molar-refractivity contribution is 5.75. The van der Waals surface area contributed by atoms with Gasteiger partial charge in [-0.05, 0) is 12.8 Å². The average molecular weight is 250 g/mol. The maximum absolute atomic E-state index is 10.9. The predicted molar refractivity (Wildman–Crippen MR) is 52.0 cm³/mol. The Morgan fingerprint density at radius 2 is 1.53 bits per heavy atom. The Kier molecular flexibility index (Phi) is 8.61. The van der Waals surface area contributed by atoms with Crippen molar-refractivity contribution < 1.29 is 39.1 Å². The van der Waals surface area contributed by atoms with Crippen molar-refractivity contribution in [3.63, 3.8) is 0 Å². The van der Waals surface area contributed by atoms with Crippen LogP contribution in [0, 0.1) is 0 Å². The lowest BCUT2D eigenvalue weighted by Gasteiger charge is -2.02. The minimum Gasteiger partial charge on any atom is -0.479 e. The van der Waals surface area contributed by atoms with Crippen molar-refractivity contribution in [2.75, 3.05) is 19.8 Å². The lowest BCUT2D eigenvalue weighted by Crippen LogP contribution is -2.13. The van der Waals surface area contributed by atoms with Crippen molar-refractivity contribution in [2.24, 2.45) is 0 Å². The molecule has 0 atom stereocenters. The SMILES string of the molecule is O=C(O)COOCCCCC(=O)OCC(=O)O. The third-order valence-corrected chi connectivity index (χ3v) is 1.48. The highest BCUT2D eigenvalue weighted by Crippen LogP contribution is 1.98. The van der Waals surface area contributed by atoms with Crippen LogP contribution in [0.15, 0.2) is 0 Å². The smallest absolute Gasteiger partial charge is 0.341 e. The number of carbonyl (C=O) groups excluding carboxylic acids is 1. The molecule has 98 valence electrons. The lowest BCUT2D eigenvalue weighted by molar-refractivity contribution is -0.292. The van der Waals surface area contributed by atoms with Crippen molar-refractivity contribution in [1.82, 2.24) is 0 Å². The minimum absolute atomic E-state index is 0.0789. The highest BCUT2D eigenvalue weighted by Gasteiger charge is 2.05. The standard InChI is InChI=1S/C9H14O8/c10-7(11)5-15-9(14)3-1-2-4-16-17-6-8(12)13/h1-6H2,(H,10,11)(H,12,13). The molecule has 0 aromatic carbocycles. The van der Waals surface area contributed by atoms with E-state index in [4.69, 9.17) is 10.2 Å². The summed E-state index contributed by atoms with van der Waals surface area (Å²) in [5.41, 5.74) is 0. The first kappa shape index (κ1) is 15.3. The average Bonchev–Trinajstić information content (AvgIpc) is 2.24. The van der Waals surface area contributed by atoms with Gasteiger partial charge in [0.25, 0.3) is 0 Å². The fraction of sp³-hybridized carbons (Fsp3) is 0.667. The first-order chi connectivity index (χ1) is 8.02. The van der Waals surface area contributed by atoms with Crippen LogP contribution in [-0.4, -0.2) is 47.9 Å². The summed E-state index contributed by atoms with van der Waals surface area (Å²) in [6.07, 6.45) is 0.992. The van der Waals surface area contributed by atoms with Crippen LogP contribution in [-0.2, 0) is 28.9 Å². The molecule has 8 nitrogen and oxygen atoms in total. The second-order valence-corrected chi connectivity index (χ2v) is 2.99. The third kappa shape index (κ3) is 12.3. The van der Waals surface area contributed by atoms with Crippen molar-refractivity contribution >= 4 is 17.9 Å². The molecule has 0 amide bonds. The molecule has 0 aliphatic rings. The molecule has 0 unspecified atom stereocenters. The summed E-state index contributed by atoms with van der Waals surface area (Å²) >= 11 is 0. The normalized spacial score (nSPS) is 9.88. The summed E-state index contributed by atoms with van der Waals surface area (Å²) in [5, 5.41) is 16.4. The molecule has 0 fully saturated rings. The Bertz CT molecular complexity index is 262. The molecular formula is C9H14O8. The molecule has 0 saturated heterocycles. The Labute approximate surface area is 97.0 Å². The summed E-state index contributed by atoms with van der Waals surface area (Å²) in [4.78, 5) is 39.7. The number of rotatable bonds is 10. The summed E-state index contributed by atoms with van der Waals surface area (Å²) in [5.74, 6) is -2.94. The molecule has 0 heterocycles. The second kappa shape index (κ2) is 9.55. The van der Waals surface area contributed by atoms with E-state index in [1.807, 2.05) is 0 Å². The number of hydrogen-bond acceptors (Lipinski definition) is 6. The molecular weight excluding hydrogens is 236 g/mol. The van der Waals surface area contributed by atoms with Gasteiger partial charge in [0, 0.05) is 6.42 Å². The fourth-order valence-corrected chi connectivity index (χ4v) is 0.796. The van der Waals surface area contributed by atoms with Gasteiger partial charge in [0.1, 0.15) is 0 Å². The van der Waals surface area contributed by atoms with Crippen LogP contribution in [0.2, 0.25) is 0 Å². The number of unbranched alkanes of at least 4 members (excludes halogenated alkanes) is 1. The van der Waals surface area contributed by atoms with Gasteiger partial charge in [0.15, 0.2) is 13.2 Å². The number of carboxylic acid groups (broad SMARTS) is 2. The summed E-state index contributed by atoms with van der Waals surface area (Å²) in [6, 6.07) is 0. The number of carbonyl (C=O) groups is 3. The van der Waals surface area contributed by atoms with Crippen molar-refractivity contribution in [1.29, 1.82) is 0 Å². The van der Waals surface area contributed by atoms with E-state index in [9.17, 15) is 14.4 Å². The van der Waals surface area contributed by atoms with Crippen LogP contribution in [0.5, 0.6) is 0 Å². The molecule has 0 spiro atoms. The third-order valence-electron chi connectivity index (χ3n) is 1.48. The quantitative estimate of drug-likeness (QED) is 0.237. The minimum atomic E-state index is -1.20. The van der Waals surface area contributed by atoms with E-state index >= 15 is 0 Å². The van der Waals surface area contributed by atoms with Crippen LogP contribution >= 0.6 is 0 Å². The number of hydrogen-bond donors (Lipinski definition) is 2. The first-order valence-corrected chi connectivity index (χ1v) is 4.86. The van der Waals surface area contributed by atoms with Gasteiger partial charge in [-0.2, -0.15) is 0 Å². The predicted octanol–water partition coefficient (Wildman–Crippen LogP) is -0.183. The van der Waals surface area contributed by atoms with Crippen LogP contribution in [0.3, 0.4) is 0 Å². The van der Waals surface area contributed by atoms with Gasteiger partial charge in [-0.25, -0.2) is 19.4 Å². The van der Waals surface area contributed by atoms with Crippen molar-refractivity contribution in [3.8, 4) is 0 Å². The molecule has 0 radical (unpaired) electrons. The molecule has 0 bridgehead atoms. The van der Waals surface area contributed by atoms with E-state index in [-0.39, 0.29) is 13.0 Å². The Morgan fingerprint density at radius 1 is 0.882 bits per heavy atom. The Hall–Kier alpha value is -1.67. The zero-order chi connectivity index (χ0) is 13.1. The van der Waals surface area contributed by atoms with Crippen molar-refractivity contribution in [2.45, 2.75) is 19.3 Å².